The van der Waals surface area contributed by atoms with E-state index in [0.29, 0.717) is 11.4 Å². The van der Waals surface area contributed by atoms with Crippen LogP contribution in [-0.2, 0) is 9.68 Å². The van der Waals surface area contributed by atoms with Gasteiger partial charge in [0.05, 0.1) is 0 Å². The molecule has 0 heterocycles. The van der Waals surface area contributed by atoms with Crippen LogP contribution in [0, 0.1) is 12.3 Å². The third-order valence-electron chi connectivity index (χ3n) is 2.08. The Morgan fingerprint density at radius 3 is 2.18 bits per heavy atom. The molecule has 0 fully saturated rings. The highest BCUT2D eigenvalue weighted by atomic mass is 16.6. The predicted molar refractivity (Wildman–Crippen MR) is 68.0 cm³/mol. The zero-order chi connectivity index (χ0) is 12.7. The van der Waals surface area contributed by atoms with Gasteiger partial charge in [-0.1, -0.05) is 28.4 Å². The smallest absolute Gasteiger partial charge is 0.134 e. The largest absolute Gasteiger partial charge is 0.399 e. The highest BCUT2D eigenvalue weighted by Crippen LogP contribution is 2.07. The van der Waals surface area contributed by atoms with Crippen LogP contribution in [0.2, 0.25) is 0 Å². The first-order valence-electron chi connectivity index (χ1n) is 4.99. The maximum Gasteiger partial charge on any atom is 0.134 e. The molecule has 0 aliphatic rings. The molecule has 0 unspecified atom stereocenters. The summed E-state index contributed by atoms with van der Waals surface area (Å²) < 4.78 is 0. The molecule has 0 aliphatic carbocycles. The molecule has 0 amide bonds. The summed E-state index contributed by atoms with van der Waals surface area (Å²) in [6, 6.07) is 7.39. The summed E-state index contributed by atoms with van der Waals surface area (Å²) in [5.74, 6) is 2.55. The van der Waals surface area contributed by atoms with Gasteiger partial charge in [-0.3, -0.25) is 0 Å². The Kier molecular flexibility index (Phi) is 4.77. The Labute approximate surface area is 101 Å². The van der Waals surface area contributed by atoms with Gasteiger partial charge in [0, 0.05) is 11.1 Å². The summed E-state index contributed by atoms with van der Waals surface area (Å²) in [6.45, 7) is 1.79. The molecule has 0 aromatic heterocycles. The fourth-order valence-electron chi connectivity index (χ4n) is 1.32. The van der Waals surface area contributed by atoms with E-state index in [1.807, 2.05) is 24.3 Å². The van der Waals surface area contributed by atoms with Crippen LogP contribution in [0.5, 0.6) is 0 Å². The van der Waals surface area contributed by atoms with E-state index in [9.17, 15) is 0 Å². The molecule has 4 heteroatoms. The SMILES string of the molecule is C#Cc1ccc(C(=N\OC)/C(C)=N/OC)cc1. The Bertz CT molecular complexity index is 467. The highest BCUT2D eigenvalue weighted by Gasteiger charge is 2.09. The van der Waals surface area contributed by atoms with Crippen molar-refractivity contribution in [2.24, 2.45) is 10.3 Å². The number of rotatable bonds is 4. The molecule has 0 saturated carbocycles. The van der Waals surface area contributed by atoms with Crippen molar-refractivity contribution in [1.29, 1.82) is 0 Å². The van der Waals surface area contributed by atoms with Crippen LogP contribution >= 0.6 is 0 Å². The van der Waals surface area contributed by atoms with Gasteiger partial charge in [0.15, 0.2) is 0 Å². The van der Waals surface area contributed by atoms with E-state index in [-0.39, 0.29) is 0 Å². The molecule has 0 aliphatic heterocycles. The van der Waals surface area contributed by atoms with Gasteiger partial charge in [-0.15, -0.1) is 6.42 Å². The Morgan fingerprint density at radius 2 is 1.71 bits per heavy atom. The molecule has 0 saturated heterocycles. The summed E-state index contributed by atoms with van der Waals surface area (Å²) in [4.78, 5) is 9.51. The van der Waals surface area contributed by atoms with Gasteiger partial charge >= 0.3 is 0 Å². The summed E-state index contributed by atoms with van der Waals surface area (Å²) in [7, 11) is 2.96. The fourth-order valence-corrected chi connectivity index (χ4v) is 1.32. The number of benzene rings is 1. The molecule has 1 rings (SSSR count). The molecule has 17 heavy (non-hydrogen) atoms. The lowest BCUT2D eigenvalue weighted by Crippen LogP contribution is -2.13. The van der Waals surface area contributed by atoms with Crippen molar-refractivity contribution in [1.82, 2.24) is 0 Å². The summed E-state index contributed by atoms with van der Waals surface area (Å²) in [5.41, 5.74) is 2.91. The van der Waals surface area contributed by atoms with Crippen molar-refractivity contribution in [2.75, 3.05) is 14.2 Å². The maximum absolute atomic E-state index is 5.29. The minimum atomic E-state index is 0.609. The zero-order valence-electron chi connectivity index (χ0n) is 10.1. The minimum Gasteiger partial charge on any atom is -0.399 e. The van der Waals surface area contributed by atoms with Crippen molar-refractivity contribution in [3.8, 4) is 12.3 Å². The zero-order valence-corrected chi connectivity index (χ0v) is 10.1. The molecule has 0 atom stereocenters. The second kappa shape index (κ2) is 6.33. The van der Waals surface area contributed by atoms with Gasteiger partial charge in [0.2, 0.25) is 0 Å². The first-order valence-corrected chi connectivity index (χ1v) is 4.99. The van der Waals surface area contributed by atoms with Crippen molar-refractivity contribution >= 4 is 11.4 Å². The first kappa shape index (κ1) is 12.8. The molecule has 0 bridgehead atoms. The van der Waals surface area contributed by atoms with Gasteiger partial charge in [-0.25, -0.2) is 0 Å². The van der Waals surface area contributed by atoms with Gasteiger partial charge < -0.3 is 9.68 Å². The van der Waals surface area contributed by atoms with Crippen LogP contribution in [-0.4, -0.2) is 25.6 Å². The third-order valence-corrected chi connectivity index (χ3v) is 2.08. The number of hydrogen-bond acceptors (Lipinski definition) is 4. The average Bonchev–Trinajstić information content (AvgIpc) is 2.36. The predicted octanol–water partition coefficient (Wildman–Crippen LogP) is 2.04. The van der Waals surface area contributed by atoms with Crippen LogP contribution in [0.15, 0.2) is 34.6 Å². The van der Waals surface area contributed by atoms with E-state index in [1.54, 1.807) is 6.92 Å². The molecular weight excluding hydrogens is 216 g/mol. The number of oxime groups is 2. The van der Waals surface area contributed by atoms with Crippen molar-refractivity contribution in [2.45, 2.75) is 6.92 Å². The highest BCUT2D eigenvalue weighted by molar-refractivity contribution is 6.47. The second-order valence-electron chi connectivity index (χ2n) is 3.20. The topological polar surface area (TPSA) is 43.2 Å². The average molecular weight is 230 g/mol. The normalized spacial score (nSPS) is 11.9. The van der Waals surface area contributed by atoms with Gasteiger partial charge in [0.25, 0.3) is 0 Å². The Hall–Kier alpha value is -2.28. The molecule has 0 N–H and O–H groups in total. The molecule has 0 spiro atoms. The molecule has 88 valence electrons. The third kappa shape index (κ3) is 3.35. The van der Waals surface area contributed by atoms with E-state index in [1.165, 1.54) is 14.2 Å². The lowest BCUT2D eigenvalue weighted by Gasteiger charge is -2.05. The van der Waals surface area contributed by atoms with Crippen LogP contribution < -0.4 is 0 Å². The van der Waals surface area contributed by atoms with E-state index >= 15 is 0 Å². The summed E-state index contributed by atoms with van der Waals surface area (Å²) >= 11 is 0. The quantitative estimate of drug-likeness (QED) is 0.451. The van der Waals surface area contributed by atoms with E-state index in [0.717, 1.165) is 11.1 Å². The fraction of sp³-hybridized carbons (Fsp3) is 0.231. The van der Waals surface area contributed by atoms with E-state index < -0.39 is 0 Å². The van der Waals surface area contributed by atoms with Gasteiger partial charge in [-0.05, 0) is 19.1 Å². The molecule has 0 radical (unpaired) electrons. The molecule has 1 aromatic carbocycles. The molecule has 1 aromatic rings. The Morgan fingerprint density at radius 1 is 1.12 bits per heavy atom. The number of nitrogens with zero attached hydrogens (tertiary/aromatic N) is 2. The van der Waals surface area contributed by atoms with Crippen LogP contribution in [0.4, 0.5) is 0 Å². The van der Waals surface area contributed by atoms with Crippen molar-refractivity contribution in [3.63, 3.8) is 0 Å². The van der Waals surface area contributed by atoms with Crippen LogP contribution in [0.25, 0.3) is 0 Å². The lowest BCUT2D eigenvalue weighted by molar-refractivity contribution is 0.210. The van der Waals surface area contributed by atoms with Gasteiger partial charge in [-0.2, -0.15) is 0 Å². The van der Waals surface area contributed by atoms with Crippen LogP contribution in [0.3, 0.4) is 0 Å². The number of hydrogen-bond donors (Lipinski definition) is 0. The maximum atomic E-state index is 5.29. The second-order valence-corrected chi connectivity index (χ2v) is 3.20. The molecule has 4 nitrogen and oxygen atoms in total. The van der Waals surface area contributed by atoms with Gasteiger partial charge in [0.1, 0.15) is 25.6 Å². The standard InChI is InChI=1S/C13H14N2O2/c1-5-11-6-8-12(9-7-11)13(15-17-4)10(2)14-16-3/h1,6-9H,2-4H3/b14-10+,15-13-. The monoisotopic (exact) mass is 230 g/mol. The van der Waals surface area contributed by atoms with E-state index in [2.05, 4.69) is 16.2 Å². The van der Waals surface area contributed by atoms with E-state index in [4.69, 9.17) is 16.1 Å². The minimum absolute atomic E-state index is 0.609. The lowest BCUT2D eigenvalue weighted by atomic mass is 10.1. The molecular formula is C13H14N2O2. The van der Waals surface area contributed by atoms with Crippen molar-refractivity contribution < 1.29 is 9.68 Å². The first-order chi connectivity index (χ1) is 8.22. The summed E-state index contributed by atoms with van der Waals surface area (Å²) in [5, 5.41) is 7.75. The Balaban J connectivity index is 3.11. The summed E-state index contributed by atoms with van der Waals surface area (Å²) in [6.07, 6.45) is 5.29. The number of terminal acetylenes is 1. The van der Waals surface area contributed by atoms with Crippen molar-refractivity contribution in [3.05, 3.63) is 35.4 Å². The van der Waals surface area contributed by atoms with Crippen LogP contribution in [0.1, 0.15) is 18.1 Å².